The smallest absolute Gasteiger partial charge is 0.265 e. The van der Waals surface area contributed by atoms with Crippen LogP contribution in [-0.4, -0.2) is 65.5 Å². The second-order valence-corrected chi connectivity index (χ2v) is 9.20. The van der Waals surface area contributed by atoms with E-state index in [0.717, 1.165) is 64.9 Å². The molecule has 3 saturated heterocycles. The summed E-state index contributed by atoms with van der Waals surface area (Å²) in [5, 5.41) is 0.444. The average molecular weight is 393 g/mol. The van der Waals surface area contributed by atoms with E-state index in [1.807, 2.05) is 16.7 Å². The summed E-state index contributed by atoms with van der Waals surface area (Å²) in [6, 6.07) is 0. The van der Waals surface area contributed by atoms with Gasteiger partial charge in [0.25, 0.3) is 5.91 Å². The maximum atomic E-state index is 12.8. The summed E-state index contributed by atoms with van der Waals surface area (Å²) in [5.74, 6) is 0.296. The quantitative estimate of drug-likeness (QED) is 0.850. The molecule has 0 radical (unpaired) electrons. The second kappa shape index (κ2) is 7.39. The van der Waals surface area contributed by atoms with Gasteiger partial charge in [-0.05, 0) is 44.4 Å². The van der Waals surface area contributed by atoms with Crippen LogP contribution in [0.15, 0.2) is 0 Å². The summed E-state index contributed by atoms with van der Waals surface area (Å²) in [5.41, 5.74) is 6.60. The second-order valence-electron chi connectivity index (χ2n) is 8.17. The predicted octanol–water partition coefficient (Wildman–Crippen LogP) is 2.06. The molecule has 0 aliphatic carbocycles. The van der Waals surface area contributed by atoms with E-state index in [1.165, 1.54) is 11.3 Å². The van der Waals surface area contributed by atoms with E-state index in [-0.39, 0.29) is 23.3 Å². The number of nitrogen functional groups attached to an aromatic ring is 1. The number of carbonyl (C=O) groups excluding carboxylic acids is 2. The van der Waals surface area contributed by atoms with Crippen molar-refractivity contribution in [1.29, 1.82) is 0 Å². The maximum absolute atomic E-state index is 12.8. The summed E-state index contributed by atoms with van der Waals surface area (Å²) < 4.78 is 5.73. The minimum atomic E-state index is 0.0413. The van der Waals surface area contributed by atoms with E-state index in [4.69, 9.17) is 10.5 Å². The van der Waals surface area contributed by atoms with Gasteiger partial charge in [0.05, 0.1) is 11.8 Å². The number of hydrogen-bond donors (Lipinski definition) is 1. The third-order valence-electron chi connectivity index (χ3n) is 6.31. The van der Waals surface area contributed by atoms with Gasteiger partial charge in [0, 0.05) is 39.2 Å². The number of nitrogens with zero attached hydrogens (tertiary/aromatic N) is 3. The lowest BCUT2D eigenvalue weighted by Crippen LogP contribution is -2.53. The highest BCUT2D eigenvalue weighted by Gasteiger charge is 2.42. The molecule has 27 heavy (non-hydrogen) atoms. The molecular weight excluding hydrogens is 364 g/mol. The predicted molar refractivity (Wildman–Crippen MR) is 104 cm³/mol. The van der Waals surface area contributed by atoms with Crippen LogP contribution in [0.25, 0.3) is 0 Å². The lowest BCUT2D eigenvalue weighted by Gasteiger charge is -2.47. The van der Waals surface area contributed by atoms with Crippen molar-refractivity contribution in [3.8, 4) is 0 Å². The van der Waals surface area contributed by atoms with Crippen LogP contribution in [0.5, 0.6) is 0 Å². The van der Waals surface area contributed by atoms with Crippen LogP contribution in [0.2, 0.25) is 0 Å². The van der Waals surface area contributed by atoms with Crippen LogP contribution in [0.1, 0.15) is 53.9 Å². The van der Waals surface area contributed by atoms with E-state index in [9.17, 15) is 9.59 Å². The first-order chi connectivity index (χ1) is 13.0. The molecule has 1 atom stereocenters. The number of anilines is 1. The molecule has 4 heterocycles. The molecule has 4 rings (SSSR count). The molecule has 7 nitrogen and oxygen atoms in total. The SMILES string of the molecule is Cc1nc(N)sc1C(=O)N1CCC2(CCC(=O)N(C[C@@H]3CCCO3)C2)CC1. The van der Waals surface area contributed by atoms with Crippen LogP contribution >= 0.6 is 11.3 Å². The third-order valence-corrected chi connectivity index (χ3v) is 7.29. The van der Waals surface area contributed by atoms with Crippen molar-refractivity contribution in [2.45, 2.75) is 51.6 Å². The molecule has 1 spiro atoms. The number of likely N-dealkylation sites (tertiary alicyclic amines) is 2. The lowest BCUT2D eigenvalue weighted by atomic mass is 9.72. The minimum absolute atomic E-state index is 0.0413. The maximum Gasteiger partial charge on any atom is 0.265 e. The van der Waals surface area contributed by atoms with E-state index < -0.39 is 0 Å². The first-order valence-electron chi connectivity index (χ1n) is 9.87. The monoisotopic (exact) mass is 392 g/mol. The largest absolute Gasteiger partial charge is 0.376 e. The molecule has 3 aliphatic heterocycles. The first kappa shape index (κ1) is 18.7. The molecule has 2 N–H and O–H groups in total. The summed E-state index contributed by atoms with van der Waals surface area (Å²) in [6.07, 6.45) is 5.79. The van der Waals surface area contributed by atoms with E-state index in [0.29, 0.717) is 22.1 Å². The van der Waals surface area contributed by atoms with Crippen molar-refractivity contribution in [2.75, 3.05) is 38.5 Å². The number of ether oxygens (including phenoxy) is 1. The van der Waals surface area contributed by atoms with Gasteiger partial charge in [-0.1, -0.05) is 11.3 Å². The average Bonchev–Trinajstić information content (AvgIpc) is 3.28. The highest BCUT2D eigenvalue weighted by Crippen LogP contribution is 2.41. The molecule has 0 saturated carbocycles. The number of rotatable bonds is 3. The van der Waals surface area contributed by atoms with Gasteiger partial charge in [-0.3, -0.25) is 9.59 Å². The van der Waals surface area contributed by atoms with Crippen molar-refractivity contribution in [3.05, 3.63) is 10.6 Å². The molecule has 1 aromatic heterocycles. The first-order valence-corrected chi connectivity index (χ1v) is 10.7. The zero-order valence-corrected chi connectivity index (χ0v) is 16.7. The number of aryl methyl sites for hydroxylation is 1. The molecule has 8 heteroatoms. The van der Waals surface area contributed by atoms with Gasteiger partial charge >= 0.3 is 0 Å². The number of nitrogens with two attached hydrogens (primary N) is 1. The Hall–Kier alpha value is -1.67. The summed E-state index contributed by atoms with van der Waals surface area (Å²) in [4.78, 5) is 34.0. The van der Waals surface area contributed by atoms with E-state index >= 15 is 0 Å². The van der Waals surface area contributed by atoms with Crippen LogP contribution < -0.4 is 5.73 Å². The zero-order chi connectivity index (χ0) is 19.0. The van der Waals surface area contributed by atoms with Crippen LogP contribution in [0.4, 0.5) is 5.13 Å². The molecule has 0 unspecified atom stereocenters. The van der Waals surface area contributed by atoms with Crippen molar-refractivity contribution in [1.82, 2.24) is 14.8 Å². The third kappa shape index (κ3) is 3.82. The van der Waals surface area contributed by atoms with Crippen molar-refractivity contribution < 1.29 is 14.3 Å². The normalized spacial score (nSPS) is 25.4. The van der Waals surface area contributed by atoms with Gasteiger partial charge in [0.1, 0.15) is 4.88 Å². The zero-order valence-electron chi connectivity index (χ0n) is 15.9. The van der Waals surface area contributed by atoms with Gasteiger partial charge in [-0.15, -0.1) is 0 Å². The Morgan fingerprint density at radius 1 is 1.37 bits per heavy atom. The molecular formula is C19H28N4O3S. The Balaban J connectivity index is 1.37. The Labute approximate surface area is 163 Å². The number of aromatic nitrogens is 1. The van der Waals surface area contributed by atoms with E-state index in [1.54, 1.807) is 0 Å². The fourth-order valence-electron chi connectivity index (χ4n) is 4.65. The van der Waals surface area contributed by atoms with E-state index in [2.05, 4.69) is 4.98 Å². The Morgan fingerprint density at radius 3 is 2.78 bits per heavy atom. The van der Waals surface area contributed by atoms with Crippen LogP contribution in [0.3, 0.4) is 0 Å². The Kier molecular flexibility index (Phi) is 5.11. The summed E-state index contributed by atoms with van der Waals surface area (Å²) >= 11 is 1.27. The van der Waals surface area contributed by atoms with Gasteiger partial charge < -0.3 is 20.3 Å². The van der Waals surface area contributed by atoms with Crippen molar-refractivity contribution in [2.24, 2.45) is 5.41 Å². The number of amides is 2. The highest BCUT2D eigenvalue weighted by atomic mass is 32.1. The molecule has 3 aliphatic rings. The summed E-state index contributed by atoms with van der Waals surface area (Å²) in [7, 11) is 0. The fraction of sp³-hybridized carbons (Fsp3) is 0.737. The van der Waals surface area contributed by atoms with Gasteiger partial charge in [-0.25, -0.2) is 4.98 Å². The summed E-state index contributed by atoms with van der Waals surface area (Å²) in [6.45, 7) is 5.65. The molecule has 0 bridgehead atoms. The van der Waals surface area contributed by atoms with Crippen LogP contribution in [0, 0.1) is 12.3 Å². The van der Waals surface area contributed by atoms with Gasteiger partial charge in [-0.2, -0.15) is 0 Å². The number of thiazole rings is 1. The molecule has 0 aromatic carbocycles. The number of hydrogen-bond acceptors (Lipinski definition) is 6. The molecule has 2 amide bonds. The van der Waals surface area contributed by atoms with Crippen LogP contribution in [-0.2, 0) is 9.53 Å². The minimum Gasteiger partial charge on any atom is -0.376 e. The highest BCUT2D eigenvalue weighted by molar-refractivity contribution is 7.17. The van der Waals surface area contributed by atoms with Crippen molar-refractivity contribution in [3.63, 3.8) is 0 Å². The lowest BCUT2D eigenvalue weighted by molar-refractivity contribution is -0.141. The molecule has 148 valence electrons. The number of piperidine rings is 2. The topological polar surface area (TPSA) is 88.8 Å². The Bertz CT molecular complexity index is 721. The van der Waals surface area contributed by atoms with Gasteiger partial charge in [0.2, 0.25) is 5.91 Å². The van der Waals surface area contributed by atoms with Gasteiger partial charge in [0.15, 0.2) is 5.13 Å². The fourth-order valence-corrected chi connectivity index (χ4v) is 5.46. The molecule has 1 aromatic rings. The molecule has 3 fully saturated rings. The Morgan fingerprint density at radius 2 is 2.15 bits per heavy atom. The van der Waals surface area contributed by atoms with Crippen molar-refractivity contribution >= 4 is 28.3 Å². The number of carbonyl (C=O) groups is 2. The standard InChI is InChI=1S/C19H28N4O3S/c1-13-16(27-18(20)21-13)17(25)22-8-6-19(7-9-22)5-4-15(24)23(12-19)11-14-3-2-10-26-14/h14H,2-12H2,1H3,(H2,20,21)/t14-/m0/s1.